The summed E-state index contributed by atoms with van der Waals surface area (Å²) in [4.78, 5) is 11.6. The van der Waals surface area contributed by atoms with Crippen molar-refractivity contribution in [2.75, 3.05) is 7.11 Å². The highest BCUT2D eigenvalue weighted by Crippen LogP contribution is 2.37. The fourth-order valence-electron chi connectivity index (χ4n) is 1.57. The molecule has 0 aliphatic heterocycles. The normalized spacial score (nSPS) is 12.4. The lowest BCUT2D eigenvalue weighted by Gasteiger charge is -2.29. The van der Waals surface area contributed by atoms with Gasteiger partial charge in [0.25, 0.3) is 0 Å². The number of methoxy groups -OCH3 is 1. The Kier molecular flexibility index (Phi) is 5.45. The average Bonchev–Trinajstić information content (AvgIpc) is 2.30. The van der Waals surface area contributed by atoms with Crippen molar-refractivity contribution in [3.63, 3.8) is 0 Å². The highest BCUT2D eigenvalue weighted by Gasteiger charge is 2.37. The number of esters is 1. The van der Waals surface area contributed by atoms with E-state index in [1.165, 1.54) is 25.3 Å². The van der Waals surface area contributed by atoms with E-state index < -0.39 is 17.4 Å². The summed E-state index contributed by atoms with van der Waals surface area (Å²) in [7, 11) is 1.28. The average molecular weight is 276 g/mol. The van der Waals surface area contributed by atoms with Gasteiger partial charge in [0.1, 0.15) is 11.5 Å². The number of carbonyl (C=O) groups is 1. The summed E-state index contributed by atoms with van der Waals surface area (Å²) < 4.78 is 4.66. The van der Waals surface area contributed by atoms with E-state index in [0.29, 0.717) is 5.56 Å². The number of carbonyl (C=O) groups excluding carboxylic acids is 1. The molecule has 4 N–H and O–H groups in total. The topological polar surface area (TPSA) is 92.8 Å². The lowest BCUT2D eigenvalue weighted by Crippen LogP contribution is -2.37. The largest absolute Gasteiger partial charge is 0.508 e. The minimum Gasteiger partial charge on any atom is -0.508 e. The second kappa shape index (κ2) is 5.93. The van der Waals surface area contributed by atoms with Crippen molar-refractivity contribution in [3.8, 4) is 11.5 Å². The molecule has 1 atom stereocenters. The summed E-state index contributed by atoms with van der Waals surface area (Å²) >= 11 is 0. The van der Waals surface area contributed by atoms with Crippen molar-refractivity contribution < 1.29 is 19.7 Å². The smallest absolute Gasteiger partial charge is 0.313 e. The van der Waals surface area contributed by atoms with E-state index in [0.717, 1.165) is 0 Å². The monoisotopic (exact) mass is 275 g/mol. The van der Waals surface area contributed by atoms with Crippen molar-refractivity contribution in [2.24, 2.45) is 11.1 Å². The van der Waals surface area contributed by atoms with Crippen LogP contribution in [0.4, 0.5) is 0 Å². The molecule has 0 bridgehead atoms. The van der Waals surface area contributed by atoms with Crippen molar-refractivity contribution >= 4 is 18.4 Å². The molecule has 0 aliphatic rings. The fraction of sp³-hybridized carbons (Fsp3) is 0.417. The molecule has 0 fully saturated rings. The first-order valence-corrected chi connectivity index (χ1v) is 5.16. The number of ether oxygens (including phenoxy) is 1. The minimum atomic E-state index is -1.000. The molecule has 1 aromatic rings. The zero-order valence-electron chi connectivity index (χ0n) is 10.5. The SMILES string of the molecule is COC(=O)C(C)(C)[C@H](N)c1cc(O)ccc1O.Cl. The van der Waals surface area contributed by atoms with Crippen LogP contribution in [0, 0.1) is 5.41 Å². The molecule has 0 saturated heterocycles. The van der Waals surface area contributed by atoms with Crippen molar-refractivity contribution in [3.05, 3.63) is 23.8 Å². The highest BCUT2D eigenvalue weighted by molar-refractivity contribution is 5.85. The van der Waals surface area contributed by atoms with Gasteiger partial charge in [-0.15, -0.1) is 12.4 Å². The van der Waals surface area contributed by atoms with Crippen molar-refractivity contribution in [1.82, 2.24) is 0 Å². The Morgan fingerprint density at radius 1 is 1.39 bits per heavy atom. The first-order chi connectivity index (χ1) is 7.80. The van der Waals surface area contributed by atoms with E-state index in [1.807, 2.05) is 0 Å². The Morgan fingerprint density at radius 3 is 2.44 bits per heavy atom. The first-order valence-electron chi connectivity index (χ1n) is 5.16. The molecule has 102 valence electrons. The highest BCUT2D eigenvalue weighted by atomic mass is 35.5. The minimum absolute atomic E-state index is 0. The molecule has 0 radical (unpaired) electrons. The zero-order chi connectivity index (χ0) is 13.2. The van der Waals surface area contributed by atoms with Crippen LogP contribution in [0.1, 0.15) is 25.5 Å². The Balaban J connectivity index is 0.00000289. The van der Waals surface area contributed by atoms with Gasteiger partial charge < -0.3 is 20.7 Å². The quantitative estimate of drug-likeness (QED) is 0.577. The van der Waals surface area contributed by atoms with Crippen LogP contribution in [0.15, 0.2) is 18.2 Å². The summed E-state index contributed by atoms with van der Waals surface area (Å²) in [5.74, 6) is -0.561. The molecule has 6 heteroatoms. The van der Waals surface area contributed by atoms with Gasteiger partial charge in [-0.1, -0.05) is 0 Å². The second-order valence-electron chi connectivity index (χ2n) is 4.43. The molecule has 18 heavy (non-hydrogen) atoms. The summed E-state index contributed by atoms with van der Waals surface area (Å²) in [5.41, 5.74) is 5.25. The molecule has 1 rings (SSSR count). The van der Waals surface area contributed by atoms with Crippen LogP contribution in [-0.2, 0) is 9.53 Å². The van der Waals surface area contributed by atoms with Gasteiger partial charge >= 0.3 is 5.97 Å². The van der Waals surface area contributed by atoms with Gasteiger partial charge in [-0.25, -0.2) is 0 Å². The van der Waals surface area contributed by atoms with E-state index in [9.17, 15) is 15.0 Å². The second-order valence-corrected chi connectivity index (χ2v) is 4.43. The number of aromatic hydroxyl groups is 2. The molecule has 0 heterocycles. The fourth-order valence-corrected chi connectivity index (χ4v) is 1.57. The predicted molar refractivity (Wildman–Crippen MR) is 69.7 cm³/mol. The van der Waals surface area contributed by atoms with Gasteiger partial charge in [0.15, 0.2) is 0 Å². The molecule has 0 amide bonds. The number of phenols is 2. The molecule has 5 nitrogen and oxygen atoms in total. The molecule has 0 saturated carbocycles. The van der Waals surface area contributed by atoms with Crippen LogP contribution in [0.25, 0.3) is 0 Å². The number of rotatable bonds is 3. The molecule has 0 spiro atoms. The van der Waals surface area contributed by atoms with Crippen molar-refractivity contribution in [2.45, 2.75) is 19.9 Å². The Labute approximate surface area is 112 Å². The van der Waals surface area contributed by atoms with E-state index in [4.69, 9.17) is 5.73 Å². The van der Waals surface area contributed by atoms with Crippen LogP contribution < -0.4 is 5.73 Å². The van der Waals surface area contributed by atoms with E-state index in [-0.39, 0.29) is 23.9 Å². The van der Waals surface area contributed by atoms with E-state index in [2.05, 4.69) is 4.74 Å². The summed E-state index contributed by atoms with van der Waals surface area (Å²) in [6.45, 7) is 3.24. The lowest BCUT2D eigenvalue weighted by molar-refractivity contribution is -0.152. The van der Waals surface area contributed by atoms with Gasteiger partial charge in [-0.2, -0.15) is 0 Å². The third kappa shape index (κ3) is 3.05. The van der Waals surface area contributed by atoms with Gasteiger partial charge in [0.05, 0.1) is 12.5 Å². The van der Waals surface area contributed by atoms with Gasteiger partial charge in [-0.05, 0) is 32.0 Å². The Morgan fingerprint density at radius 2 is 1.94 bits per heavy atom. The lowest BCUT2D eigenvalue weighted by atomic mass is 9.80. The summed E-state index contributed by atoms with van der Waals surface area (Å²) in [6, 6.07) is 3.24. The number of benzene rings is 1. The molecular weight excluding hydrogens is 258 g/mol. The maximum atomic E-state index is 11.6. The van der Waals surface area contributed by atoms with Gasteiger partial charge in [0.2, 0.25) is 0 Å². The number of halogens is 1. The standard InChI is InChI=1S/C12H17NO4.ClH/c1-12(2,11(16)17-3)10(13)8-6-7(14)4-5-9(8)15;/h4-6,10,14-15H,13H2,1-3H3;1H/t10-;/m1./s1. The maximum Gasteiger partial charge on any atom is 0.313 e. The first kappa shape index (κ1) is 16.5. The third-order valence-electron chi connectivity index (χ3n) is 2.84. The number of nitrogens with two attached hydrogens (primary N) is 1. The van der Waals surface area contributed by atoms with Gasteiger partial charge in [-0.3, -0.25) is 4.79 Å². The van der Waals surface area contributed by atoms with E-state index in [1.54, 1.807) is 13.8 Å². The maximum absolute atomic E-state index is 11.6. The summed E-state index contributed by atoms with van der Waals surface area (Å²) in [6.07, 6.45) is 0. The Bertz CT molecular complexity index is 434. The molecule has 0 unspecified atom stereocenters. The number of phenolic OH excluding ortho intramolecular Hbond substituents is 2. The van der Waals surface area contributed by atoms with Crippen LogP contribution in [0.3, 0.4) is 0 Å². The Hall–Kier alpha value is -1.46. The third-order valence-corrected chi connectivity index (χ3v) is 2.84. The predicted octanol–water partition coefficient (Wildman–Crippen LogP) is 1.72. The number of hydrogen-bond acceptors (Lipinski definition) is 5. The van der Waals surface area contributed by atoms with Crippen LogP contribution >= 0.6 is 12.4 Å². The van der Waals surface area contributed by atoms with Crippen molar-refractivity contribution in [1.29, 1.82) is 0 Å². The van der Waals surface area contributed by atoms with Crippen LogP contribution in [0.5, 0.6) is 11.5 Å². The summed E-state index contributed by atoms with van der Waals surface area (Å²) in [5, 5.41) is 19.0. The van der Waals surface area contributed by atoms with Crippen LogP contribution in [-0.4, -0.2) is 23.3 Å². The van der Waals surface area contributed by atoms with Gasteiger partial charge in [0, 0.05) is 11.6 Å². The molecule has 0 aliphatic carbocycles. The van der Waals surface area contributed by atoms with Crippen LogP contribution in [0.2, 0.25) is 0 Å². The molecule has 1 aromatic carbocycles. The molecule has 0 aromatic heterocycles. The number of hydrogen-bond donors (Lipinski definition) is 3. The molecular formula is C12H18ClNO4. The zero-order valence-corrected chi connectivity index (χ0v) is 11.3. The van der Waals surface area contributed by atoms with E-state index >= 15 is 0 Å².